The zero-order chi connectivity index (χ0) is 31.7. The smallest absolute Gasteiger partial charge is 0.433 e. The molecule has 2 fully saturated rings. The Kier molecular flexibility index (Phi) is 8.45. The molecule has 1 saturated heterocycles. The molecule has 5 rings (SSSR count). The number of rotatable bonds is 9. The fourth-order valence-corrected chi connectivity index (χ4v) is 5.08. The lowest BCUT2D eigenvalue weighted by atomic mass is 10.00. The Morgan fingerprint density at radius 2 is 1.70 bits per heavy atom. The second kappa shape index (κ2) is 12.0. The fraction of sp³-hybridized carbons (Fsp3) is 0.400. The van der Waals surface area contributed by atoms with E-state index in [-0.39, 0.29) is 24.6 Å². The van der Waals surface area contributed by atoms with Crippen LogP contribution in [0, 0.1) is 0 Å². The summed E-state index contributed by atoms with van der Waals surface area (Å²) < 4.78 is 85.7. The van der Waals surface area contributed by atoms with Crippen LogP contribution >= 0.6 is 0 Å². The van der Waals surface area contributed by atoms with Crippen LogP contribution in [0.1, 0.15) is 47.8 Å². The molecule has 1 aliphatic heterocycles. The van der Waals surface area contributed by atoms with E-state index in [1.807, 2.05) is 11.8 Å². The molecule has 2 aromatic heterocycles. The molecule has 0 spiro atoms. The van der Waals surface area contributed by atoms with Crippen LogP contribution in [-0.4, -0.2) is 52.2 Å². The maximum Gasteiger partial charge on any atom is 0.433 e. The highest BCUT2D eigenvalue weighted by Crippen LogP contribution is 2.47. The fourth-order valence-electron chi connectivity index (χ4n) is 5.08. The Hall–Kier alpha value is -4.36. The van der Waals surface area contributed by atoms with Crippen LogP contribution in [0.15, 0.2) is 60.9 Å². The highest BCUT2D eigenvalue weighted by molar-refractivity contribution is 5.90. The van der Waals surface area contributed by atoms with Crippen molar-refractivity contribution in [2.24, 2.45) is 0 Å². The number of hydrogen-bond donors (Lipinski definition) is 1. The summed E-state index contributed by atoms with van der Waals surface area (Å²) in [5, 5.41) is 10.7. The Morgan fingerprint density at radius 1 is 0.977 bits per heavy atom. The van der Waals surface area contributed by atoms with Gasteiger partial charge in [-0.3, -0.25) is 9.78 Å². The topological polar surface area (TPSA) is 83.5 Å². The van der Waals surface area contributed by atoms with Crippen molar-refractivity contribution in [1.82, 2.24) is 25.4 Å². The molecule has 234 valence electrons. The number of allylic oxidation sites excluding steroid dienone is 1. The standard InChI is InChI=1S/C30H30F6N6O2/c1-19(2)41-11-13-42(14-12-41)22-5-4-21(23(15-22)29(31,32)33)17-38-27(43)28(9-10-28)24-7-8-26(40-39-24)44-18-20-3-6-25(37-16-20)30(34,35)36/h3-8,15-16H,1,9-14,17-18H2,2H3,(H,38,43). The predicted octanol–water partition coefficient (Wildman–Crippen LogP) is 5.49. The van der Waals surface area contributed by atoms with Gasteiger partial charge in [-0.1, -0.05) is 18.7 Å². The van der Waals surface area contributed by atoms with Crippen molar-refractivity contribution in [3.05, 3.63) is 89.0 Å². The second-order valence-electron chi connectivity index (χ2n) is 10.9. The molecule has 0 atom stereocenters. The third-order valence-corrected chi connectivity index (χ3v) is 7.84. The minimum atomic E-state index is -4.61. The minimum Gasteiger partial charge on any atom is -0.472 e. The highest BCUT2D eigenvalue weighted by atomic mass is 19.4. The molecule has 1 saturated carbocycles. The van der Waals surface area contributed by atoms with E-state index in [1.165, 1.54) is 18.2 Å². The summed E-state index contributed by atoms with van der Waals surface area (Å²) in [4.78, 5) is 20.5. The van der Waals surface area contributed by atoms with Crippen LogP contribution in [0.3, 0.4) is 0 Å². The van der Waals surface area contributed by atoms with Crippen molar-refractivity contribution < 1.29 is 35.9 Å². The maximum absolute atomic E-state index is 14.0. The quantitative estimate of drug-likeness (QED) is 0.317. The summed E-state index contributed by atoms with van der Waals surface area (Å²) in [5.41, 5.74) is -0.741. The average molecular weight is 621 g/mol. The number of nitrogens with one attached hydrogen (secondary N) is 1. The minimum absolute atomic E-state index is 0.0430. The van der Waals surface area contributed by atoms with E-state index >= 15 is 0 Å². The summed E-state index contributed by atoms with van der Waals surface area (Å²) in [6, 6.07) is 9.29. The molecule has 3 aromatic rings. The number of benzene rings is 1. The zero-order valence-corrected chi connectivity index (χ0v) is 23.8. The number of carbonyl (C=O) groups excluding carboxylic acids is 1. The van der Waals surface area contributed by atoms with Crippen molar-refractivity contribution in [3.8, 4) is 5.88 Å². The third kappa shape index (κ3) is 6.89. The molecule has 1 N–H and O–H groups in total. The van der Waals surface area contributed by atoms with Gasteiger partial charge >= 0.3 is 12.4 Å². The first kappa shape index (κ1) is 31.1. The van der Waals surface area contributed by atoms with E-state index in [2.05, 4.69) is 32.0 Å². The Bertz CT molecular complexity index is 1500. The molecule has 1 aromatic carbocycles. The molecule has 2 aliphatic rings. The number of ether oxygens (including phenoxy) is 1. The van der Waals surface area contributed by atoms with Gasteiger partial charge < -0.3 is 19.9 Å². The molecule has 0 radical (unpaired) electrons. The molecule has 8 nitrogen and oxygen atoms in total. The van der Waals surface area contributed by atoms with Crippen molar-refractivity contribution in [1.29, 1.82) is 0 Å². The summed E-state index contributed by atoms with van der Waals surface area (Å²) in [6.45, 7) is 7.89. The van der Waals surface area contributed by atoms with Crippen LogP contribution in [-0.2, 0) is 35.7 Å². The van der Waals surface area contributed by atoms with Gasteiger partial charge in [-0.2, -0.15) is 31.4 Å². The van der Waals surface area contributed by atoms with E-state index in [1.54, 1.807) is 12.1 Å². The number of hydrogen-bond acceptors (Lipinski definition) is 7. The monoisotopic (exact) mass is 620 g/mol. The van der Waals surface area contributed by atoms with Crippen LogP contribution in [0.5, 0.6) is 5.88 Å². The number of alkyl halides is 6. The van der Waals surface area contributed by atoms with E-state index in [4.69, 9.17) is 4.74 Å². The van der Waals surface area contributed by atoms with Gasteiger partial charge in [-0.15, -0.1) is 5.10 Å². The van der Waals surface area contributed by atoms with E-state index in [0.29, 0.717) is 56.0 Å². The van der Waals surface area contributed by atoms with Gasteiger partial charge in [0.15, 0.2) is 0 Å². The van der Waals surface area contributed by atoms with E-state index < -0.39 is 34.9 Å². The summed E-state index contributed by atoms with van der Waals surface area (Å²) in [7, 11) is 0. The van der Waals surface area contributed by atoms with Crippen molar-refractivity contribution in [2.75, 3.05) is 31.1 Å². The lowest BCUT2D eigenvalue weighted by Crippen LogP contribution is -2.45. The van der Waals surface area contributed by atoms with Gasteiger partial charge in [0.1, 0.15) is 12.3 Å². The first-order valence-corrected chi connectivity index (χ1v) is 13.9. The molecule has 0 unspecified atom stereocenters. The molecular formula is C30H30F6N6O2. The number of piperazine rings is 1. The van der Waals surface area contributed by atoms with Gasteiger partial charge in [0.25, 0.3) is 0 Å². The first-order chi connectivity index (χ1) is 20.8. The Balaban J connectivity index is 1.20. The molecule has 1 aliphatic carbocycles. The largest absolute Gasteiger partial charge is 0.472 e. The van der Waals surface area contributed by atoms with Crippen LogP contribution in [0.2, 0.25) is 0 Å². The van der Waals surface area contributed by atoms with Crippen LogP contribution < -0.4 is 15.0 Å². The second-order valence-corrected chi connectivity index (χ2v) is 10.9. The normalized spacial score (nSPS) is 16.4. The Morgan fingerprint density at radius 3 is 2.25 bits per heavy atom. The number of nitrogens with zero attached hydrogens (tertiary/aromatic N) is 5. The SMILES string of the molecule is C=C(C)N1CCN(c2ccc(CNC(=O)C3(c4ccc(OCc5ccc(C(F)(F)F)nc5)nn4)CC3)c(C(F)(F)F)c2)CC1. The number of carbonyl (C=O) groups is 1. The summed E-state index contributed by atoms with van der Waals surface area (Å²) >= 11 is 0. The predicted molar refractivity (Wildman–Crippen MR) is 148 cm³/mol. The third-order valence-electron chi connectivity index (χ3n) is 7.84. The number of pyridine rings is 1. The molecule has 44 heavy (non-hydrogen) atoms. The van der Waals surface area contributed by atoms with Crippen molar-refractivity contribution >= 4 is 11.6 Å². The highest BCUT2D eigenvalue weighted by Gasteiger charge is 2.53. The lowest BCUT2D eigenvalue weighted by Gasteiger charge is -2.37. The lowest BCUT2D eigenvalue weighted by molar-refractivity contribution is -0.141. The number of halogens is 6. The van der Waals surface area contributed by atoms with Gasteiger partial charge in [0.05, 0.1) is 16.7 Å². The Labute approximate surface area is 249 Å². The van der Waals surface area contributed by atoms with E-state index in [0.717, 1.165) is 24.0 Å². The van der Waals surface area contributed by atoms with Crippen molar-refractivity contribution in [2.45, 2.75) is 50.7 Å². The number of anilines is 1. The summed E-state index contributed by atoms with van der Waals surface area (Å²) in [6.07, 6.45) is -7.20. The van der Waals surface area contributed by atoms with Crippen molar-refractivity contribution in [3.63, 3.8) is 0 Å². The number of aromatic nitrogens is 3. The summed E-state index contributed by atoms with van der Waals surface area (Å²) in [5.74, 6) is -0.370. The molecule has 14 heteroatoms. The van der Waals surface area contributed by atoms with Gasteiger partial charge in [-0.25, -0.2) is 0 Å². The molecular weight excluding hydrogens is 590 g/mol. The van der Waals surface area contributed by atoms with Crippen LogP contribution in [0.4, 0.5) is 32.0 Å². The van der Waals surface area contributed by atoms with Gasteiger partial charge in [0, 0.05) is 61.9 Å². The van der Waals surface area contributed by atoms with Gasteiger partial charge in [0.2, 0.25) is 11.8 Å². The molecule has 1 amide bonds. The molecule has 0 bridgehead atoms. The van der Waals surface area contributed by atoms with Gasteiger partial charge in [-0.05, 0) is 49.6 Å². The number of amides is 1. The average Bonchev–Trinajstić information content (AvgIpc) is 3.81. The van der Waals surface area contributed by atoms with Crippen LogP contribution in [0.25, 0.3) is 0 Å². The first-order valence-electron chi connectivity index (χ1n) is 13.9. The zero-order valence-electron chi connectivity index (χ0n) is 23.8. The maximum atomic E-state index is 14.0. The van der Waals surface area contributed by atoms with E-state index in [9.17, 15) is 31.1 Å². The molecule has 3 heterocycles.